The van der Waals surface area contributed by atoms with Crippen LogP contribution in [0.5, 0.6) is 0 Å². The molecule has 2 fully saturated rings. The molecule has 0 bridgehead atoms. The first-order valence-electron chi connectivity index (χ1n) is 5.12. The lowest BCUT2D eigenvalue weighted by Gasteiger charge is -2.35. The van der Waals surface area contributed by atoms with E-state index in [9.17, 15) is 9.59 Å². The van der Waals surface area contributed by atoms with Crippen LogP contribution in [0, 0.1) is 5.92 Å². The van der Waals surface area contributed by atoms with E-state index < -0.39 is 23.6 Å². The third-order valence-electron chi connectivity index (χ3n) is 2.92. The third kappa shape index (κ3) is 1.38. The zero-order valence-electron chi connectivity index (χ0n) is 8.25. The van der Waals surface area contributed by atoms with Crippen molar-refractivity contribution in [1.82, 2.24) is 0 Å². The van der Waals surface area contributed by atoms with Gasteiger partial charge in [-0.05, 0) is 19.3 Å². The summed E-state index contributed by atoms with van der Waals surface area (Å²) in [6, 6.07) is 0. The van der Waals surface area contributed by atoms with E-state index in [0.29, 0.717) is 19.3 Å². The summed E-state index contributed by atoms with van der Waals surface area (Å²) in [7, 11) is 0. The molecule has 2 rings (SSSR count). The summed E-state index contributed by atoms with van der Waals surface area (Å²) >= 11 is 0. The number of ether oxygens (including phenoxy) is 2. The molecule has 4 nitrogen and oxygen atoms in total. The molecular formula is C10H14O4. The maximum atomic E-state index is 11.5. The summed E-state index contributed by atoms with van der Waals surface area (Å²) in [5, 5.41) is 0. The van der Waals surface area contributed by atoms with Crippen LogP contribution in [0.1, 0.15) is 39.0 Å². The highest BCUT2D eigenvalue weighted by Crippen LogP contribution is 2.38. The van der Waals surface area contributed by atoms with Crippen LogP contribution < -0.4 is 0 Å². The van der Waals surface area contributed by atoms with Gasteiger partial charge in [0.25, 0.3) is 5.79 Å². The fourth-order valence-electron chi connectivity index (χ4n) is 2.08. The molecule has 0 aromatic carbocycles. The molecule has 0 aromatic rings. The predicted octanol–water partition coefficient (Wildman–Crippen LogP) is 1.38. The molecule has 0 amide bonds. The highest BCUT2D eigenvalue weighted by Gasteiger charge is 2.49. The van der Waals surface area contributed by atoms with Crippen molar-refractivity contribution < 1.29 is 19.1 Å². The molecule has 2 aliphatic rings. The van der Waals surface area contributed by atoms with Gasteiger partial charge in [0.2, 0.25) is 0 Å². The van der Waals surface area contributed by atoms with Crippen LogP contribution in [0.15, 0.2) is 0 Å². The fourth-order valence-corrected chi connectivity index (χ4v) is 2.08. The Hall–Kier alpha value is -1.06. The maximum absolute atomic E-state index is 11.5. The van der Waals surface area contributed by atoms with Crippen molar-refractivity contribution in [2.24, 2.45) is 5.92 Å². The first-order chi connectivity index (χ1) is 6.67. The van der Waals surface area contributed by atoms with Gasteiger partial charge in [-0.25, -0.2) is 0 Å². The lowest BCUT2D eigenvalue weighted by molar-refractivity contribution is -0.249. The van der Waals surface area contributed by atoms with Crippen molar-refractivity contribution in [2.75, 3.05) is 0 Å². The second-order valence-electron chi connectivity index (χ2n) is 3.92. The van der Waals surface area contributed by atoms with Crippen LogP contribution >= 0.6 is 0 Å². The topological polar surface area (TPSA) is 52.6 Å². The molecule has 1 spiro atoms. The molecule has 0 aromatic heterocycles. The molecule has 0 atom stereocenters. The summed E-state index contributed by atoms with van der Waals surface area (Å²) in [4.78, 5) is 22.9. The van der Waals surface area contributed by atoms with E-state index in [1.54, 1.807) is 6.92 Å². The van der Waals surface area contributed by atoms with Gasteiger partial charge < -0.3 is 9.47 Å². The number of carbonyl (C=O) groups is 2. The van der Waals surface area contributed by atoms with Crippen molar-refractivity contribution in [3.63, 3.8) is 0 Å². The summed E-state index contributed by atoms with van der Waals surface area (Å²) in [5.41, 5.74) is 0. The van der Waals surface area contributed by atoms with Gasteiger partial charge >= 0.3 is 11.9 Å². The standard InChI is InChI=1S/C10H14O4/c1-2-7-8(11)13-10(14-9(7)12)5-3-4-6-10/h7H,2-6H2,1H3. The lowest BCUT2D eigenvalue weighted by atomic mass is 10.0. The molecule has 0 unspecified atom stereocenters. The lowest BCUT2D eigenvalue weighted by Crippen LogP contribution is -2.48. The van der Waals surface area contributed by atoms with E-state index in [4.69, 9.17) is 9.47 Å². The Labute approximate surface area is 82.6 Å². The Morgan fingerprint density at radius 1 is 1.21 bits per heavy atom. The quantitative estimate of drug-likeness (QED) is 0.472. The Morgan fingerprint density at radius 3 is 2.14 bits per heavy atom. The first kappa shape index (κ1) is 9.49. The number of hydrogen-bond donors (Lipinski definition) is 0. The van der Waals surface area contributed by atoms with Crippen LogP contribution in [-0.4, -0.2) is 17.7 Å². The van der Waals surface area contributed by atoms with Crippen molar-refractivity contribution in [1.29, 1.82) is 0 Å². The zero-order chi connectivity index (χ0) is 10.2. The molecule has 4 heteroatoms. The molecule has 1 saturated heterocycles. The largest absolute Gasteiger partial charge is 0.422 e. The smallest absolute Gasteiger partial charge is 0.323 e. The van der Waals surface area contributed by atoms with E-state index in [0.717, 1.165) is 12.8 Å². The summed E-state index contributed by atoms with van der Waals surface area (Å²) < 4.78 is 10.5. The average molecular weight is 198 g/mol. The molecule has 0 N–H and O–H groups in total. The molecular weight excluding hydrogens is 184 g/mol. The molecule has 1 aliphatic carbocycles. The van der Waals surface area contributed by atoms with Crippen LogP contribution in [0.4, 0.5) is 0 Å². The number of esters is 2. The Morgan fingerprint density at radius 2 is 1.71 bits per heavy atom. The van der Waals surface area contributed by atoms with Crippen LogP contribution in [0.25, 0.3) is 0 Å². The Bertz CT molecular complexity index is 245. The predicted molar refractivity (Wildman–Crippen MR) is 47.2 cm³/mol. The molecule has 78 valence electrons. The maximum Gasteiger partial charge on any atom is 0.323 e. The molecule has 14 heavy (non-hydrogen) atoms. The van der Waals surface area contributed by atoms with Gasteiger partial charge in [-0.3, -0.25) is 9.59 Å². The second kappa shape index (κ2) is 3.26. The molecule has 0 radical (unpaired) electrons. The SMILES string of the molecule is CCC1C(=O)OC2(CCCC2)OC1=O. The van der Waals surface area contributed by atoms with E-state index in [2.05, 4.69) is 0 Å². The van der Waals surface area contributed by atoms with Gasteiger partial charge in [0.05, 0.1) is 0 Å². The van der Waals surface area contributed by atoms with Gasteiger partial charge in [0, 0.05) is 12.8 Å². The number of rotatable bonds is 1. The van der Waals surface area contributed by atoms with Gasteiger partial charge in [-0.2, -0.15) is 0 Å². The van der Waals surface area contributed by atoms with Gasteiger partial charge in [0.1, 0.15) is 0 Å². The van der Waals surface area contributed by atoms with E-state index >= 15 is 0 Å². The number of carbonyl (C=O) groups excluding carboxylic acids is 2. The van der Waals surface area contributed by atoms with Crippen molar-refractivity contribution in [3.8, 4) is 0 Å². The first-order valence-corrected chi connectivity index (χ1v) is 5.12. The zero-order valence-corrected chi connectivity index (χ0v) is 8.25. The van der Waals surface area contributed by atoms with E-state index in [-0.39, 0.29) is 0 Å². The minimum Gasteiger partial charge on any atom is -0.422 e. The highest BCUT2D eigenvalue weighted by atomic mass is 16.7. The minimum absolute atomic E-state index is 0.411. The Balaban J connectivity index is 2.14. The third-order valence-corrected chi connectivity index (χ3v) is 2.92. The second-order valence-corrected chi connectivity index (χ2v) is 3.92. The average Bonchev–Trinajstić information content (AvgIpc) is 2.52. The summed E-state index contributed by atoms with van der Waals surface area (Å²) in [6.07, 6.45) is 3.67. The monoisotopic (exact) mass is 198 g/mol. The minimum atomic E-state index is -0.903. The Kier molecular flexibility index (Phi) is 2.21. The molecule has 1 heterocycles. The van der Waals surface area contributed by atoms with Gasteiger partial charge in [0.15, 0.2) is 5.92 Å². The van der Waals surface area contributed by atoms with E-state index in [1.165, 1.54) is 0 Å². The van der Waals surface area contributed by atoms with Gasteiger partial charge in [-0.1, -0.05) is 6.92 Å². The van der Waals surface area contributed by atoms with Crippen molar-refractivity contribution in [3.05, 3.63) is 0 Å². The van der Waals surface area contributed by atoms with E-state index in [1.807, 2.05) is 0 Å². The van der Waals surface area contributed by atoms with Crippen molar-refractivity contribution in [2.45, 2.75) is 44.8 Å². The van der Waals surface area contributed by atoms with Gasteiger partial charge in [-0.15, -0.1) is 0 Å². The van der Waals surface area contributed by atoms with Crippen molar-refractivity contribution >= 4 is 11.9 Å². The normalized spacial score (nSPS) is 26.4. The summed E-state index contributed by atoms with van der Waals surface area (Å²) in [6.45, 7) is 1.78. The highest BCUT2D eigenvalue weighted by molar-refractivity contribution is 5.96. The summed E-state index contributed by atoms with van der Waals surface area (Å²) in [5.74, 6) is -2.43. The van der Waals surface area contributed by atoms with Crippen LogP contribution in [0.2, 0.25) is 0 Å². The fraction of sp³-hybridized carbons (Fsp3) is 0.800. The van der Waals surface area contributed by atoms with Crippen LogP contribution in [0.3, 0.4) is 0 Å². The molecule has 1 saturated carbocycles. The number of hydrogen-bond acceptors (Lipinski definition) is 4. The molecule has 1 aliphatic heterocycles. The van der Waals surface area contributed by atoms with Crippen LogP contribution in [-0.2, 0) is 19.1 Å².